The molecule has 1 amide bonds. The molecular weight excluding hydrogens is 227 g/mol. The lowest BCUT2D eigenvalue weighted by molar-refractivity contribution is -0.128. The number of rotatable bonds is 3. The molecule has 1 aromatic carbocycles. The van der Waals surface area contributed by atoms with Crippen LogP contribution in [0.2, 0.25) is 0 Å². The van der Waals surface area contributed by atoms with Gasteiger partial charge in [0.15, 0.2) is 6.10 Å². The van der Waals surface area contributed by atoms with Gasteiger partial charge in [-0.15, -0.1) is 0 Å². The van der Waals surface area contributed by atoms with E-state index in [2.05, 4.69) is 5.32 Å². The number of benzene rings is 1. The molecular formula is C11H13FN2O3. The number of hydrogen-bond donors (Lipinski definition) is 2. The van der Waals surface area contributed by atoms with E-state index in [1.54, 1.807) is 0 Å². The number of esters is 1. The minimum absolute atomic E-state index is 0.0965. The van der Waals surface area contributed by atoms with Gasteiger partial charge in [-0.1, -0.05) is 0 Å². The van der Waals surface area contributed by atoms with Gasteiger partial charge in [-0.05, 0) is 25.1 Å². The maximum absolute atomic E-state index is 12.9. The Balaban J connectivity index is 2.83. The zero-order chi connectivity index (χ0) is 13.0. The second kappa shape index (κ2) is 5.29. The molecule has 0 heterocycles. The Morgan fingerprint density at radius 3 is 2.71 bits per heavy atom. The van der Waals surface area contributed by atoms with E-state index in [1.807, 2.05) is 0 Å². The number of nitrogens with one attached hydrogen (secondary N) is 1. The first-order chi connectivity index (χ1) is 7.95. The summed E-state index contributed by atoms with van der Waals surface area (Å²) in [7, 11) is 1.42. The average molecular weight is 240 g/mol. The summed E-state index contributed by atoms with van der Waals surface area (Å²) in [6.07, 6.45) is -0.963. The topological polar surface area (TPSA) is 81.4 Å². The van der Waals surface area contributed by atoms with E-state index in [0.29, 0.717) is 0 Å². The molecule has 17 heavy (non-hydrogen) atoms. The molecule has 6 heteroatoms. The van der Waals surface area contributed by atoms with Gasteiger partial charge in [-0.3, -0.25) is 4.79 Å². The van der Waals surface area contributed by atoms with Crippen molar-refractivity contribution in [2.24, 2.45) is 0 Å². The third-order valence-electron chi connectivity index (χ3n) is 2.13. The molecule has 0 bridgehead atoms. The van der Waals surface area contributed by atoms with Crippen LogP contribution in [0, 0.1) is 5.82 Å². The lowest BCUT2D eigenvalue weighted by Crippen LogP contribution is -2.33. The van der Waals surface area contributed by atoms with Crippen molar-refractivity contribution in [3.8, 4) is 0 Å². The van der Waals surface area contributed by atoms with Gasteiger partial charge in [-0.25, -0.2) is 9.18 Å². The van der Waals surface area contributed by atoms with Crippen LogP contribution in [0.5, 0.6) is 0 Å². The number of nitrogens with two attached hydrogens (primary N) is 1. The van der Waals surface area contributed by atoms with Gasteiger partial charge in [-0.2, -0.15) is 0 Å². The summed E-state index contributed by atoms with van der Waals surface area (Å²) < 4.78 is 17.8. The third kappa shape index (κ3) is 3.17. The highest BCUT2D eigenvalue weighted by Gasteiger charge is 2.19. The fourth-order valence-corrected chi connectivity index (χ4v) is 1.19. The fourth-order valence-electron chi connectivity index (χ4n) is 1.19. The van der Waals surface area contributed by atoms with Crippen LogP contribution in [-0.4, -0.2) is 25.0 Å². The van der Waals surface area contributed by atoms with Crippen molar-refractivity contribution in [1.29, 1.82) is 0 Å². The van der Waals surface area contributed by atoms with Crippen molar-refractivity contribution in [3.05, 3.63) is 29.6 Å². The zero-order valence-corrected chi connectivity index (χ0v) is 9.49. The first kappa shape index (κ1) is 13.0. The Kier molecular flexibility index (Phi) is 4.03. The predicted molar refractivity (Wildman–Crippen MR) is 59.8 cm³/mol. The number of carbonyl (C=O) groups excluding carboxylic acids is 2. The number of anilines is 1. The summed E-state index contributed by atoms with van der Waals surface area (Å²) in [6, 6.07) is 3.36. The molecule has 0 aliphatic rings. The molecule has 0 saturated carbocycles. The van der Waals surface area contributed by atoms with Crippen LogP contribution in [0.25, 0.3) is 0 Å². The van der Waals surface area contributed by atoms with E-state index in [9.17, 15) is 14.0 Å². The summed E-state index contributed by atoms with van der Waals surface area (Å²) in [5.74, 6) is -1.88. The largest absolute Gasteiger partial charge is 0.449 e. The van der Waals surface area contributed by atoms with Gasteiger partial charge < -0.3 is 15.8 Å². The predicted octanol–water partition coefficient (Wildman–Crippen LogP) is 0.699. The quantitative estimate of drug-likeness (QED) is 0.602. The van der Waals surface area contributed by atoms with Crippen molar-refractivity contribution >= 4 is 17.6 Å². The molecule has 0 saturated heterocycles. The number of hydrogen-bond acceptors (Lipinski definition) is 4. The fraction of sp³-hybridized carbons (Fsp3) is 0.273. The molecule has 1 atom stereocenters. The van der Waals surface area contributed by atoms with Gasteiger partial charge in [0, 0.05) is 12.7 Å². The molecule has 0 aromatic heterocycles. The van der Waals surface area contributed by atoms with Crippen molar-refractivity contribution in [3.63, 3.8) is 0 Å². The Morgan fingerprint density at radius 1 is 1.47 bits per heavy atom. The molecule has 92 valence electrons. The highest BCUT2D eigenvalue weighted by molar-refractivity contribution is 5.96. The van der Waals surface area contributed by atoms with Crippen LogP contribution in [0.3, 0.4) is 0 Å². The Bertz CT molecular complexity index is 448. The zero-order valence-electron chi connectivity index (χ0n) is 9.49. The number of ether oxygens (including phenoxy) is 1. The lowest BCUT2D eigenvalue weighted by Gasteiger charge is -2.12. The number of halogens is 1. The molecule has 0 radical (unpaired) electrons. The van der Waals surface area contributed by atoms with Gasteiger partial charge in [0.05, 0.1) is 5.56 Å². The molecule has 0 fully saturated rings. The maximum Gasteiger partial charge on any atom is 0.341 e. The highest BCUT2D eigenvalue weighted by atomic mass is 19.1. The van der Waals surface area contributed by atoms with Crippen LogP contribution in [0.1, 0.15) is 17.3 Å². The van der Waals surface area contributed by atoms with Gasteiger partial charge >= 0.3 is 5.97 Å². The molecule has 1 unspecified atom stereocenters. The van der Waals surface area contributed by atoms with E-state index in [0.717, 1.165) is 12.1 Å². The van der Waals surface area contributed by atoms with Crippen LogP contribution >= 0.6 is 0 Å². The van der Waals surface area contributed by atoms with Gasteiger partial charge in [0.25, 0.3) is 5.91 Å². The Morgan fingerprint density at radius 2 is 2.12 bits per heavy atom. The summed E-state index contributed by atoms with van der Waals surface area (Å²) in [5, 5.41) is 2.33. The standard InChI is InChI=1S/C11H13FN2O3/c1-6(10(15)14-2)17-11(16)8-5-7(12)3-4-9(8)13/h3-6H,13H2,1-2H3,(H,14,15). The highest BCUT2D eigenvalue weighted by Crippen LogP contribution is 2.15. The summed E-state index contributed by atoms with van der Waals surface area (Å²) in [6.45, 7) is 1.41. The average Bonchev–Trinajstić information content (AvgIpc) is 2.30. The summed E-state index contributed by atoms with van der Waals surface area (Å²) in [4.78, 5) is 22.7. The van der Waals surface area contributed by atoms with E-state index in [1.165, 1.54) is 20.0 Å². The lowest BCUT2D eigenvalue weighted by atomic mass is 10.2. The van der Waals surface area contributed by atoms with Crippen LogP contribution in [0.15, 0.2) is 18.2 Å². The molecule has 3 N–H and O–H groups in total. The molecule has 1 rings (SSSR count). The molecule has 5 nitrogen and oxygen atoms in total. The number of likely N-dealkylation sites (N-methyl/N-ethyl adjacent to an activating group) is 1. The SMILES string of the molecule is CNC(=O)C(C)OC(=O)c1cc(F)ccc1N. The van der Waals surface area contributed by atoms with E-state index in [4.69, 9.17) is 10.5 Å². The molecule has 0 aliphatic heterocycles. The summed E-state index contributed by atoms with van der Waals surface area (Å²) >= 11 is 0. The Labute approximate surface area is 97.7 Å². The second-order valence-corrected chi connectivity index (χ2v) is 3.39. The minimum Gasteiger partial charge on any atom is -0.449 e. The Hall–Kier alpha value is -2.11. The minimum atomic E-state index is -0.963. The van der Waals surface area contributed by atoms with E-state index in [-0.39, 0.29) is 11.3 Å². The molecule has 1 aromatic rings. The van der Waals surface area contributed by atoms with E-state index < -0.39 is 23.8 Å². The first-order valence-corrected chi connectivity index (χ1v) is 4.93. The number of carbonyl (C=O) groups is 2. The maximum atomic E-state index is 12.9. The third-order valence-corrected chi connectivity index (χ3v) is 2.13. The first-order valence-electron chi connectivity index (χ1n) is 4.93. The van der Waals surface area contributed by atoms with Gasteiger partial charge in [0.1, 0.15) is 5.82 Å². The van der Waals surface area contributed by atoms with Crippen LogP contribution in [0.4, 0.5) is 10.1 Å². The second-order valence-electron chi connectivity index (χ2n) is 3.39. The smallest absolute Gasteiger partial charge is 0.341 e. The van der Waals surface area contributed by atoms with Crippen molar-refractivity contribution < 1.29 is 18.7 Å². The molecule has 0 spiro atoms. The number of amides is 1. The van der Waals surface area contributed by atoms with E-state index >= 15 is 0 Å². The van der Waals surface area contributed by atoms with Crippen LogP contribution in [-0.2, 0) is 9.53 Å². The monoisotopic (exact) mass is 240 g/mol. The van der Waals surface area contributed by atoms with Crippen molar-refractivity contribution in [1.82, 2.24) is 5.32 Å². The molecule has 0 aliphatic carbocycles. The van der Waals surface area contributed by atoms with Crippen molar-refractivity contribution in [2.75, 3.05) is 12.8 Å². The summed E-state index contributed by atoms with van der Waals surface area (Å²) in [5.41, 5.74) is 5.51. The normalized spacial score (nSPS) is 11.7. The van der Waals surface area contributed by atoms with Crippen LogP contribution < -0.4 is 11.1 Å². The number of nitrogen functional groups attached to an aromatic ring is 1. The van der Waals surface area contributed by atoms with Crippen molar-refractivity contribution in [2.45, 2.75) is 13.0 Å². The van der Waals surface area contributed by atoms with Gasteiger partial charge in [0.2, 0.25) is 0 Å².